The van der Waals surface area contributed by atoms with Crippen molar-refractivity contribution in [3.8, 4) is 0 Å². The maximum Gasteiger partial charge on any atom is 0.306 e. The molecule has 1 N–H and O–H groups in total. The van der Waals surface area contributed by atoms with E-state index in [9.17, 15) is 14.4 Å². The number of carboxylic acids is 1. The first-order valence-electron chi connectivity index (χ1n) is 11.8. The fraction of sp³-hybridized carbons (Fsp3) is 0.800. The van der Waals surface area contributed by atoms with Crippen molar-refractivity contribution in [2.24, 2.45) is 34.5 Å². The van der Waals surface area contributed by atoms with Crippen LogP contribution in [0.2, 0.25) is 0 Å². The van der Waals surface area contributed by atoms with E-state index in [0.29, 0.717) is 23.5 Å². The summed E-state index contributed by atoms with van der Waals surface area (Å²) >= 11 is 0. The van der Waals surface area contributed by atoms with Gasteiger partial charge in [-0.2, -0.15) is 0 Å². The third-order valence-electron chi connectivity index (χ3n) is 9.39. The number of carbonyl (C=O) groups is 3. The highest BCUT2D eigenvalue weighted by atomic mass is 16.5. The summed E-state index contributed by atoms with van der Waals surface area (Å²) in [5.41, 5.74) is 1.78. The molecule has 0 bridgehead atoms. The zero-order valence-electron chi connectivity index (χ0n) is 18.6. The number of hydrogen-bond donors (Lipinski definition) is 1. The van der Waals surface area contributed by atoms with Crippen LogP contribution in [0.1, 0.15) is 85.0 Å². The molecule has 7 atom stereocenters. The van der Waals surface area contributed by atoms with Crippen molar-refractivity contribution >= 4 is 17.7 Å². The number of carboxylic acid groups (broad SMARTS) is 1. The topological polar surface area (TPSA) is 80.7 Å². The second kappa shape index (κ2) is 7.80. The monoisotopic (exact) mass is 416 g/mol. The van der Waals surface area contributed by atoms with Crippen LogP contribution in [0.4, 0.5) is 0 Å². The van der Waals surface area contributed by atoms with Crippen molar-refractivity contribution in [3.05, 3.63) is 11.6 Å². The number of hydrogen-bond acceptors (Lipinski definition) is 4. The summed E-state index contributed by atoms with van der Waals surface area (Å²) in [4.78, 5) is 35.0. The van der Waals surface area contributed by atoms with Gasteiger partial charge >= 0.3 is 11.9 Å². The van der Waals surface area contributed by atoms with Gasteiger partial charge in [-0.15, -0.1) is 0 Å². The van der Waals surface area contributed by atoms with Gasteiger partial charge in [-0.1, -0.05) is 25.5 Å². The third-order valence-corrected chi connectivity index (χ3v) is 9.39. The minimum absolute atomic E-state index is 0.0512. The number of carbonyl (C=O) groups excluding carboxylic acids is 2. The Bertz CT molecular complexity index is 770. The largest absolute Gasteiger partial charge is 0.481 e. The lowest BCUT2D eigenvalue weighted by molar-refractivity contribution is -0.154. The van der Waals surface area contributed by atoms with Gasteiger partial charge in [0.1, 0.15) is 11.9 Å². The van der Waals surface area contributed by atoms with Crippen LogP contribution in [-0.4, -0.2) is 28.9 Å². The molecule has 0 aromatic rings. The summed E-state index contributed by atoms with van der Waals surface area (Å²) in [7, 11) is 0. The fourth-order valence-electron chi connectivity index (χ4n) is 7.85. The molecule has 4 aliphatic rings. The van der Waals surface area contributed by atoms with Gasteiger partial charge in [0.25, 0.3) is 0 Å². The quantitative estimate of drug-likeness (QED) is 0.508. The molecule has 5 nitrogen and oxygen atoms in total. The molecule has 0 aromatic carbocycles. The normalized spacial score (nSPS) is 42.4. The summed E-state index contributed by atoms with van der Waals surface area (Å²) < 4.78 is 5.62. The zero-order chi connectivity index (χ0) is 21.7. The van der Waals surface area contributed by atoms with Crippen LogP contribution >= 0.6 is 0 Å². The number of Topliss-reactive ketones (excluding diaryl/α,β-unsaturated/α-hetero) is 1. The van der Waals surface area contributed by atoms with E-state index in [-0.39, 0.29) is 35.7 Å². The second-order valence-corrected chi connectivity index (χ2v) is 10.8. The molecular weight excluding hydrogens is 380 g/mol. The standard InChI is InChI=1S/C25H36O5/c1-15(26)19-6-7-20-18-5-4-16-14-17(30-23(29)9-8-22(27)28)10-12-24(16,2)21(18)11-13-25(19,20)3/h4,17-21H,5-14H2,1-3H3,(H,27,28)/t17?,18-,19+,20-,21-,24-,25+/m0/s1. The molecule has 30 heavy (non-hydrogen) atoms. The number of allylic oxidation sites excluding steroid dienone is 1. The van der Waals surface area contributed by atoms with Gasteiger partial charge in [0.05, 0.1) is 12.8 Å². The maximum atomic E-state index is 12.3. The molecule has 0 aromatic heterocycles. The molecule has 0 spiro atoms. The number of ether oxygens (including phenoxy) is 1. The molecule has 0 aliphatic heterocycles. The molecule has 166 valence electrons. The first-order valence-corrected chi connectivity index (χ1v) is 11.8. The summed E-state index contributed by atoms with van der Waals surface area (Å²) in [6.07, 6.45) is 10.4. The molecule has 3 fully saturated rings. The molecule has 3 saturated carbocycles. The van der Waals surface area contributed by atoms with Gasteiger partial charge in [-0.25, -0.2) is 0 Å². The molecule has 5 heteroatoms. The lowest BCUT2D eigenvalue weighted by Crippen LogP contribution is -2.51. The number of esters is 1. The van der Waals surface area contributed by atoms with Crippen molar-refractivity contribution in [1.82, 2.24) is 0 Å². The van der Waals surface area contributed by atoms with Crippen LogP contribution in [0.5, 0.6) is 0 Å². The van der Waals surface area contributed by atoms with Crippen molar-refractivity contribution < 1.29 is 24.2 Å². The van der Waals surface area contributed by atoms with Crippen LogP contribution in [0.3, 0.4) is 0 Å². The molecule has 0 saturated heterocycles. The lowest BCUT2D eigenvalue weighted by Gasteiger charge is -2.58. The maximum absolute atomic E-state index is 12.3. The molecule has 4 aliphatic carbocycles. The minimum atomic E-state index is -0.965. The van der Waals surface area contributed by atoms with Gasteiger partial charge < -0.3 is 9.84 Å². The lowest BCUT2D eigenvalue weighted by atomic mass is 9.47. The smallest absolute Gasteiger partial charge is 0.306 e. The van der Waals surface area contributed by atoms with Crippen LogP contribution < -0.4 is 0 Å². The predicted molar refractivity (Wildman–Crippen MR) is 113 cm³/mol. The van der Waals surface area contributed by atoms with Crippen LogP contribution in [0.25, 0.3) is 0 Å². The molecule has 0 heterocycles. The highest BCUT2D eigenvalue weighted by Gasteiger charge is 2.59. The fourth-order valence-corrected chi connectivity index (χ4v) is 7.85. The van der Waals surface area contributed by atoms with E-state index in [2.05, 4.69) is 19.9 Å². The van der Waals surface area contributed by atoms with Crippen LogP contribution in [-0.2, 0) is 19.1 Å². The van der Waals surface area contributed by atoms with E-state index in [4.69, 9.17) is 9.84 Å². The number of fused-ring (bicyclic) bond motifs is 5. The van der Waals surface area contributed by atoms with Gasteiger partial charge in [-0.3, -0.25) is 14.4 Å². The average molecular weight is 417 g/mol. The van der Waals surface area contributed by atoms with E-state index in [0.717, 1.165) is 38.5 Å². The van der Waals surface area contributed by atoms with Gasteiger partial charge in [0.2, 0.25) is 0 Å². The van der Waals surface area contributed by atoms with Crippen molar-refractivity contribution in [1.29, 1.82) is 0 Å². The zero-order valence-corrected chi connectivity index (χ0v) is 18.6. The molecule has 1 unspecified atom stereocenters. The van der Waals surface area contributed by atoms with Gasteiger partial charge in [0, 0.05) is 12.3 Å². The Morgan fingerprint density at radius 2 is 1.83 bits per heavy atom. The summed E-state index contributed by atoms with van der Waals surface area (Å²) in [5, 5.41) is 8.76. The van der Waals surface area contributed by atoms with Crippen LogP contribution in [0.15, 0.2) is 11.6 Å². The Balaban J connectivity index is 1.46. The van der Waals surface area contributed by atoms with E-state index >= 15 is 0 Å². The summed E-state index contributed by atoms with van der Waals surface area (Å²) in [6.45, 7) is 6.57. The van der Waals surface area contributed by atoms with Crippen molar-refractivity contribution in [3.63, 3.8) is 0 Å². The Labute approximate surface area is 179 Å². The highest BCUT2D eigenvalue weighted by Crippen LogP contribution is 2.66. The van der Waals surface area contributed by atoms with Crippen molar-refractivity contribution in [2.75, 3.05) is 0 Å². The van der Waals surface area contributed by atoms with E-state index in [1.807, 2.05) is 0 Å². The van der Waals surface area contributed by atoms with E-state index in [1.165, 1.54) is 18.4 Å². The highest BCUT2D eigenvalue weighted by molar-refractivity contribution is 5.79. The van der Waals surface area contributed by atoms with Gasteiger partial charge in [0.15, 0.2) is 0 Å². The van der Waals surface area contributed by atoms with E-state index < -0.39 is 11.9 Å². The van der Waals surface area contributed by atoms with Crippen LogP contribution in [0, 0.1) is 34.5 Å². The SMILES string of the molecule is CC(=O)[C@H]1CC[C@H]2[C@@H]3CC=C4CC(OC(=O)CCC(=O)O)CC[C@]4(C)[C@H]3CC[C@]12C. The molecular formula is C25H36O5. The number of aliphatic carboxylic acids is 1. The summed E-state index contributed by atoms with van der Waals surface area (Å²) in [5.74, 6) is 1.22. The molecule has 0 amide bonds. The minimum Gasteiger partial charge on any atom is -0.481 e. The molecule has 0 radical (unpaired) electrons. The number of rotatable bonds is 5. The molecule has 4 rings (SSSR count). The third kappa shape index (κ3) is 3.52. The Hall–Kier alpha value is -1.65. The second-order valence-electron chi connectivity index (χ2n) is 10.8. The average Bonchev–Trinajstić information content (AvgIpc) is 3.04. The Morgan fingerprint density at radius 1 is 1.07 bits per heavy atom. The Morgan fingerprint density at radius 3 is 2.53 bits per heavy atom. The first kappa shape index (κ1) is 21.6. The van der Waals surface area contributed by atoms with E-state index in [1.54, 1.807) is 6.92 Å². The Kier molecular flexibility index (Phi) is 5.61. The first-order chi connectivity index (χ1) is 14.1. The summed E-state index contributed by atoms with van der Waals surface area (Å²) in [6, 6.07) is 0. The predicted octanol–water partition coefficient (Wildman–Crippen LogP) is 4.93. The number of ketones is 1. The van der Waals surface area contributed by atoms with Crippen molar-refractivity contribution in [2.45, 2.75) is 91.1 Å². The van der Waals surface area contributed by atoms with Gasteiger partial charge in [-0.05, 0) is 80.5 Å².